The molecule has 0 heterocycles. The summed E-state index contributed by atoms with van der Waals surface area (Å²) >= 11 is 0. The average molecular weight is 190 g/mol. The van der Waals surface area contributed by atoms with Crippen LogP contribution in [0.15, 0.2) is 30.3 Å². The fraction of sp³-hybridized carbons (Fsp3) is 0.0909. The maximum absolute atomic E-state index is 9.62. The van der Waals surface area contributed by atoms with Gasteiger partial charge in [0.2, 0.25) is 0 Å². The topological polar surface area (TPSA) is 49.7 Å². The van der Waals surface area contributed by atoms with Crippen LogP contribution in [0.25, 0.3) is 10.8 Å². The first kappa shape index (κ1) is 8.69. The summed E-state index contributed by atoms with van der Waals surface area (Å²) in [6.45, 7) is 0. The summed E-state index contributed by atoms with van der Waals surface area (Å²) in [6.07, 6.45) is 0. The Balaban J connectivity index is 2.83. The minimum atomic E-state index is 0.0254. The van der Waals surface area contributed by atoms with E-state index in [0.29, 0.717) is 11.1 Å². The van der Waals surface area contributed by atoms with Gasteiger partial charge < -0.3 is 14.9 Å². The van der Waals surface area contributed by atoms with Gasteiger partial charge in [0.25, 0.3) is 0 Å². The number of hydrogen-bond acceptors (Lipinski definition) is 3. The fourth-order valence-electron chi connectivity index (χ4n) is 1.48. The van der Waals surface area contributed by atoms with E-state index in [1.165, 1.54) is 19.2 Å². The summed E-state index contributed by atoms with van der Waals surface area (Å²) in [7, 11) is 1.53. The Bertz CT molecular complexity index is 477. The van der Waals surface area contributed by atoms with E-state index in [2.05, 4.69) is 0 Å². The van der Waals surface area contributed by atoms with Crippen molar-refractivity contribution in [3.05, 3.63) is 30.3 Å². The van der Waals surface area contributed by atoms with Crippen LogP contribution in [0.1, 0.15) is 0 Å². The van der Waals surface area contributed by atoms with E-state index in [1.54, 1.807) is 18.2 Å². The first-order valence-corrected chi connectivity index (χ1v) is 4.21. The number of phenols is 2. The van der Waals surface area contributed by atoms with Gasteiger partial charge in [-0.05, 0) is 17.5 Å². The second kappa shape index (κ2) is 3.10. The van der Waals surface area contributed by atoms with Crippen LogP contribution < -0.4 is 4.74 Å². The van der Waals surface area contributed by atoms with Gasteiger partial charge in [-0.3, -0.25) is 0 Å². The van der Waals surface area contributed by atoms with Crippen molar-refractivity contribution >= 4 is 10.8 Å². The molecular weight excluding hydrogens is 180 g/mol. The second-order valence-electron chi connectivity index (χ2n) is 3.02. The van der Waals surface area contributed by atoms with Crippen molar-refractivity contribution in [2.24, 2.45) is 0 Å². The Labute approximate surface area is 81.2 Å². The third kappa shape index (κ3) is 1.23. The second-order valence-corrected chi connectivity index (χ2v) is 3.02. The van der Waals surface area contributed by atoms with Crippen LogP contribution in [0, 0.1) is 0 Å². The van der Waals surface area contributed by atoms with Gasteiger partial charge in [-0.2, -0.15) is 0 Å². The number of hydrogen-bond donors (Lipinski definition) is 2. The van der Waals surface area contributed by atoms with E-state index in [1.807, 2.05) is 0 Å². The molecule has 0 fully saturated rings. The highest BCUT2D eigenvalue weighted by atomic mass is 16.5. The fourth-order valence-corrected chi connectivity index (χ4v) is 1.48. The molecule has 3 nitrogen and oxygen atoms in total. The van der Waals surface area contributed by atoms with E-state index >= 15 is 0 Å². The van der Waals surface area contributed by atoms with E-state index in [0.717, 1.165) is 5.39 Å². The van der Waals surface area contributed by atoms with Crippen LogP contribution in [-0.4, -0.2) is 17.3 Å². The van der Waals surface area contributed by atoms with Crippen LogP contribution in [0.5, 0.6) is 17.2 Å². The van der Waals surface area contributed by atoms with Gasteiger partial charge in [0.05, 0.1) is 12.5 Å². The maximum atomic E-state index is 9.62. The Morgan fingerprint density at radius 1 is 1.07 bits per heavy atom. The molecule has 0 aliphatic rings. The Hall–Kier alpha value is -1.90. The van der Waals surface area contributed by atoms with Gasteiger partial charge in [0, 0.05) is 6.07 Å². The molecule has 0 aliphatic heterocycles. The number of phenolic OH excluding ortho intramolecular Hbond substituents is 2. The highest BCUT2D eigenvalue weighted by Crippen LogP contribution is 2.35. The van der Waals surface area contributed by atoms with E-state index in [-0.39, 0.29) is 11.5 Å². The molecule has 0 radical (unpaired) electrons. The molecule has 2 aromatic carbocycles. The zero-order valence-electron chi connectivity index (χ0n) is 7.69. The molecular formula is C11H10O3. The van der Waals surface area contributed by atoms with Gasteiger partial charge in [-0.1, -0.05) is 12.1 Å². The van der Waals surface area contributed by atoms with Gasteiger partial charge >= 0.3 is 0 Å². The van der Waals surface area contributed by atoms with Crippen LogP contribution in [0.4, 0.5) is 0 Å². The Kier molecular flexibility index (Phi) is 1.93. The molecule has 0 bridgehead atoms. The molecule has 2 N–H and O–H groups in total. The number of rotatable bonds is 1. The van der Waals surface area contributed by atoms with Crippen LogP contribution in [0.3, 0.4) is 0 Å². The zero-order chi connectivity index (χ0) is 10.1. The number of methoxy groups -OCH3 is 1. The molecule has 0 aliphatic carbocycles. The van der Waals surface area contributed by atoms with Crippen LogP contribution in [0.2, 0.25) is 0 Å². The lowest BCUT2D eigenvalue weighted by Crippen LogP contribution is -1.83. The molecule has 0 aromatic heterocycles. The first-order chi connectivity index (χ1) is 6.72. The molecule has 0 saturated carbocycles. The third-order valence-electron chi connectivity index (χ3n) is 2.14. The normalized spacial score (nSPS) is 10.4. The predicted octanol–water partition coefficient (Wildman–Crippen LogP) is 2.26. The molecule has 2 rings (SSSR count). The van der Waals surface area contributed by atoms with Gasteiger partial charge in [-0.15, -0.1) is 0 Å². The first-order valence-electron chi connectivity index (χ1n) is 4.21. The van der Waals surface area contributed by atoms with Crippen LogP contribution in [-0.2, 0) is 0 Å². The maximum Gasteiger partial charge on any atom is 0.130 e. The van der Waals surface area contributed by atoms with Crippen molar-refractivity contribution in [1.29, 1.82) is 0 Å². The van der Waals surface area contributed by atoms with Gasteiger partial charge in [0.15, 0.2) is 0 Å². The van der Waals surface area contributed by atoms with Gasteiger partial charge in [-0.25, -0.2) is 0 Å². The molecule has 0 atom stereocenters. The standard InChI is InChI=1S/C11H10O3/c1-14-8-5-7-3-2-4-9(12)11(7)10(13)6-8/h2-6,12-13H,1H3. The van der Waals surface area contributed by atoms with E-state index in [9.17, 15) is 10.2 Å². The van der Waals surface area contributed by atoms with Crippen molar-refractivity contribution in [3.63, 3.8) is 0 Å². The summed E-state index contributed by atoms with van der Waals surface area (Å²) in [4.78, 5) is 0. The molecule has 0 unspecified atom stereocenters. The molecule has 2 aromatic rings. The summed E-state index contributed by atoms with van der Waals surface area (Å²) in [5, 5.41) is 20.3. The molecule has 0 saturated heterocycles. The van der Waals surface area contributed by atoms with Crippen molar-refractivity contribution in [2.45, 2.75) is 0 Å². The molecule has 0 amide bonds. The number of fused-ring (bicyclic) bond motifs is 1. The Morgan fingerprint density at radius 2 is 1.86 bits per heavy atom. The number of ether oxygens (including phenoxy) is 1. The lowest BCUT2D eigenvalue weighted by Gasteiger charge is -2.06. The van der Waals surface area contributed by atoms with Crippen molar-refractivity contribution in [1.82, 2.24) is 0 Å². The highest BCUT2D eigenvalue weighted by Gasteiger charge is 2.06. The minimum Gasteiger partial charge on any atom is -0.507 e. The average Bonchev–Trinajstić information content (AvgIpc) is 2.17. The third-order valence-corrected chi connectivity index (χ3v) is 2.14. The molecule has 72 valence electrons. The summed E-state index contributed by atoms with van der Waals surface area (Å²) in [5.41, 5.74) is 0. The van der Waals surface area contributed by atoms with Crippen LogP contribution >= 0.6 is 0 Å². The zero-order valence-corrected chi connectivity index (χ0v) is 7.69. The van der Waals surface area contributed by atoms with E-state index in [4.69, 9.17) is 4.74 Å². The SMILES string of the molecule is COc1cc(O)c2c(O)cccc2c1. The summed E-state index contributed by atoms with van der Waals surface area (Å²) in [6, 6.07) is 8.29. The lowest BCUT2D eigenvalue weighted by molar-refractivity contribution is 0.409. The Morgan fingerprint density at radius 3 is 2.57 bits per heavy atom. The number of aromatic hydroxyl groups is 2. The van der Waals surface area contributed by atoms with E-state index < -0.39 is 0 Å². The molecule has 0 spiro atoms. The number of benzene rings is 2. The molecule has 3 heteroatoms. The minimum absolute atomic E-state index is 0.0254. The predicted molar refractivity (Wildman–Crippen MR) is 53.8 cm³/mol. The van der Waals surface area contributed by atoms with Crippen molar-refractivity contribution < 1.29 is 14.9 Å². The summed E-state index contributed by atoms with van der Waals surface area (Å²) in [5.74, 6) is 0.667. The van der Waals surface area contributed by atoms with Gasteiger partial charge in [0.1, 0.15) is 17.2 Å². The van der Waals surface area contributed by atoms with Crippen molar-refractivity contribution in [2.75, 3.05) is 7.11 Å². The quantitative estimate of drug-likeness (QED) is 0.725. The summed E-state index contributed by atoms with van der Waals surface area (Å²) < 4.78 is 5.00. The lowest BCUT2D eigenvalue weighted by atomic mass is 10.1. The molecule has 14 heavy (non-hydrogen) atoms. The smallest absolute Gasteiger partial charge is 0.130 e. The largest absolute Gasteiger partial charge is 0.507 e. The monoisotopic (exact) mass is 190 g/mol. The highest BCUT2D eigenvalue weighted by molar-refractivity contribution is 5.94. The van der Waals surface area contributed by atoms with Crippen molar-refractivity contribution in [3.8, 4) is 17.2 Å².